The van der Waals surface area contributed by atoms with Crippen LogP contribution in [0.3, 0.4) is 0 Å². The highest BCUT2D eigenvalue weighted by Crippen LogP contribution is 2.11. The van der Waals surface area contributed by atoms with Gasteiger partial charge in [0.05, 0.1) is 0 Å². The van der Waals surface area contributed by atoms with E-state index in [9.17, 15) is 0 Å². The first-order chi connectivity index (χ1) is 6.76. The van der Waals surface area contributed by atoms with E-state index in [1.807, 2.05) is 17.8 Å². The van der Waals surface area contributed by atoms with E-state index in [2.05, 4.69) is 28.5 Å². The Labute approximate surface area is 93.7 Å². The predicted octanol–water partition coefficient (Wildman–Crippen LogP) is 2.68. The average molecular weight is 232 g/mol. The number of hydrogen-bond donors (Lipinski definition) is 1. The van der Waals surface area contributed by atoms with Gasteiger partial charge in [-0.3, -0.25) is 0 Å². The molecule has 1 atom stereocenters. The van der Waals surface area contributed by atoms with Crippen molar-refractivity contribution >= 4 is 29.2 Å². The van der Waals surface area contributed by atoms with E-state index in [0.717, 1.165) is 18.0 Å². The van der Waals surface area contributed by atoms with Gasteiger partial charge in [-0.25, -0.2) is 9.97 Å². The normalized spacial score (nSPS) is 12.5. The van der Waals surface area contributed by atoms with E-state index in [-0.39, 0.29) is 5.28 Å². The number of nitrogens with zero attached hydrogens (tertiary/aromatic N) is 2. The van der Waals surface area contributed by atoms with Gasteiger partial charge in [-0.05, 0) is 30.3 Å². The highest BCUT2D eigenvalue weighted by atomic mass is 35.5. The van der Waals surface area contributed by atoms with Gasteiger partial charge >= 0.3 is 0 Å². The molecule has 0 saturated heterocycles. The maximum absolute atomic E-state index is 5.68. The molecule has 0 aliphatic heterocycles. The Hall–Kier alpha value is -0.480. The van der Waals surface area contributed by atoms with Crippen LogP contribution in [0.5, 0.6) is 0 Å². The van der Waals surface area contributed by atoms with Crippen LogP contribution in [-0.4, -0.2) is 28.0 Å². The fourth-order valence-corrected chi connectivity index (χ4v) is 1.96. The summed E-state index contributed by atoms with van der Waals surface area (Å²) in [5.41, 5.74) is 0. The molecular weight excluding hydrogens is 218 g/mol. The van der Waals surface area contributed by atoms with Gasteiger partial charge in [-0.15, -0.1) is 0 Å². The van der Waals surface area contributed by atoms with Gasteiger partial charge in [0.15, 0.2) is 0 Å². The smallest absolute Gasteiger partial charge is 0.224 e. The van der Waals surface area contributed by atoms with E-state index in [1.54, 1.807) is 6.20 Å². The van der Waals surface area contributed by atoms with Crippen LogP contribution in [0.1, 0.15) is 13.3 Å². The molecule has 1 N–H and O–H groups in total. The predicted molar refractivity (Wildman–Crippen MR) is 63.1 cm³/mol. The summed E-state index contributed by atoms with van der Waals surface area (Å²) >= 11 is 7.50. The fourth-order valence-electron chi connectivity index (χ4n) is 1.09. The van der Waals surface area contributed by atoms with Crippen molar-refractivity contribution in [1.82, 2.24) is 9.97 Å². The number of aromatic nitrogens is 2. The van der Waals surface area contributed by atoms with Crippen molar-refractivity contribution in [2.75, 3.05) is 17.3 Å². The highest BCUT2D eigenvalue weighted by Gasteiger charge is 2.05. The monoisotopic (exact) mass is 231 g/mol. The summed E-state index contributed by atoms with van der Waals surface area (Å²) < 4.78 is 0. The lowest BCUT2D eigenvalue weighted by Crippen LogP contribution is -2.21. The maximum Gasteiger partial charge on any atom is 0.224 e. The van der Waals surface area contributed by atoms with E-state index < -0.39 is 0 Å². The van der Waals surface area contributed by atoms with Crippen LogP contribution >= 0.6 is 23.4 Å². The standard InChI is InChI=1S/C9H14ClN3S/c1-3-7(6-14-2)12-8-4-5-11-9(10)13-8/h4-5,7H,3,6H2,1-2H3,(H,11,12,13). The molecule has 0 radical (unpaired) electrons. The number of anilines is 1. The Morgan fingerprint density at radius 3 is 3.00 bits per heavy atom. The Balaban J connectivity index is 2.57. The third-order valence-electron chi connectivity index (χ3n) is 1.84. The number of thioether (sulfide) groups is 1. The van der Waals surface area contributed by atoms with E-state index in [1.165, 1.54) is 0 Å². The number of halogens is 1. The first-order valence-corrected chi connectivity index (χ1v) is 6.27. The topological polar surface area (TPSA) is 37.8 Å². The molecule has 14 heavy (non-hydrogen) atoms. The zero-order valence-corrected chi connectivity index (χ0v) is 9.90. The summed E-state index contributed by atoms with van der Waals surface area (Å²) in [6.45, 7) is 2.15. The summed E-state index contributed by atoms with van der Waals surface area (Å²) in [4.78, 5) is 7.91. The molecule has 5 heteroatoms. The SMILES string of the molecule is CCC(CSC)Nc1ccnc(Cl)n1. The van der Waals surface area contributed by atoms with Crippen molar-refractivity contribution in [3.63, 3.8) is 0 Å². The van der Waals surface area contributed by atoms with Crippen LogP contribution in [0.2, 0.25) is 5.28 Å². The second-order valence-electron chi connectivity index (χ2n) is 2.92. The fraction of sp³-hybridized carbons (Fsp3) is 0.556. The molecule has 0 aliphatic rings. The van der Waals surface area contributed by atoms with E-state index in [4.69, 9.17) is 11.6 Å². The molecule has 1 unspecified atom stereocenters. The zero-order valence-electron chi connectivity index (χ0n) is 8.33. The molecular formula is C9H14ClN3S. The van der Waals surface area contributed by atoms with E-state index >= 15 is 0 Å². The summed E-state index contributed by atoms with van der Waals surface area (Å²) in [6, 6.07) is 2.27. The van der Waals surface area contributed by atoms with Crippen molar-refractivity contribution in [2.24, 2.45) is 0 Å². The minimum atomic E-state index is 0.286. The summed E-state index contributed by atoms with van der Waals surface area (Å²) in [6.07, 6.45) is 4.82. The summed E-state index contributed by atoms with van der Waals surface area (Å²) in [7, 11) is 0. The molecule has 1 aromatic heterocycles. The molecule has 0 amide bonds. The molecule has 0 saturated carbocycles. The minimum absolute atomic E-state index is 0.286. The van der Waals surface area contributed by atoms with Crippen LogP contribution in [0, 0.1) is 0 Å². The van der Waals surface area contributed by atoms with Gasteiger partial charge < -0.3 is 5.32 Å². The highest BCUT2D eigenvalue weighted by molar-refractivity contribution is 7.98. The molecule has 78 valence electrons. The van der Waals surface area contributed by atoms with Crippen molar-refractivity contribution < 1.29 is 0 Å². The third-order valence-corrected chi connectivity index (χ3v) is 2.76. The molecule has 0 fully saturated rings. The quantitative estimate of drug-likeness (QED) is 0.791. The second-order valence-corrected chi connectivity index (χ2v) is 4.16. The Bertz CT molecular complexity index is 283. The number of rotatable bonds is 5. The third kappa shape index (κ3) is 3.72. The van der Waals surface area contributed by atoms with E-state index in [0.29, 0.717) is 6.04 Å². The first-order valence-electron chi connectivity index (χ1n) is 4.50. The van der Waals surface area contributed by atoms with Crippen LogP contribution in [0.4, 0.5) is 5.82 Å². The Morgan fingerprint density at radius 2 is 2.43 bits per heavy atom. The minimum Gasteiger partial charge on any atom is -0.366 e. The van der Waals surface area contributed by atoms with Crippen molar-refractivity contribution in [1.29, 1.82) is 0 Å². The van der Waals surface area contributed by atoms with Crippen molar-refractivity contribution in [3.05, 3.63) is 17.5 Å². The maximum atomic E-state index is 5.68. The number of hydrogen-bond acceptors (Lipinski definition) is 4. The van der Waals surface area contributed by atoms with Gasteiger partial charge in [0.25, 0.3) is 0 Å². The first kappa shape index (κ1) is 11.6. The lowest BCUT2D eigenvalue weighted by molar-refractivity contribution is 0.769. The van der Waals surface area contributed by atoms with Gasteiger partial charge in [-0.2, -0.15) is 11.8 Å². The average Bonchev–Trinajstić information content (AvgIpc) is 2.17. The molecule has 0 spiro atoms. The van der Waals surface area contributed by atoms with Gasteiger partial charge in [0.2, 0.25) is 5.28 Å². The molecule has 1 rings (SSSR count). The van der Waals surface area contributed by atoms with Crippen molar-refractivity contribution in [2.45, 2.75) is 19.4 Å². The Kier molecular flexibility index (Phi) is 5.04. The van der Waals surface area contributed by atoms with Crippen molar-refractivity contribution in [3.8, 4) is 0 Å². The second kappa shape index (κ2) is 6.09. The zero-order chi connectivity index (χ0) is 10.4. The van der Waals surface area contributed by atoms with Crippen LogP contribution in [-0.2, 0) is 0 Å². The van der Waals surface area contributed by atoms with Crippen LogP contribution in [0.15, 0.2) is 12.3 Å². The molecule has 0 aromatic carbocycles. The molecule has 1 aromatic rings. The van der Waals surface area contributed by atoms with Crippen LogP contribution in [0.25, 0.3) is 0 Å². The molecule has 1 heterocycles. The van der Waals surface area contributed by atoms with Gasteiger partial charge in [-0.1, -0.05) is 6.92 Å². The Morgan fingerprint density at radius 1 is 1.64 bits per heavy atom. The van der Waals surface area contributed by atoms with Gasteiger partial charge in [0, 0.05) is 18.0 Å². The summed E-state index contributed by atoms with van der Waals surface area (Å²) in [5, 5.41) is 3.60. The number of nitrogens with one attached hydrogen (secondary N) is 1. The molecule has 0 aliphatic carbocycles. The lowest BCUT2D eigenvalue weighted by atomic mass is 10.2. The summed E-state index contributed by atoms with van der Waals surface area (Å²) in [5.74, 6) is 1.86. The lowest BCUT2D eigenvalue weighted by Gasteiger charge is -2.15. The van der Waals surface area contributed by atoms with Gasteiger partial charge in [0.1, 0.15) is 5.82 Å². The largest absolute Gasteiger partial charge is 0.366 e. The molecule has 0 bridgehead atoms. The molecule has 3 nitrogen and oxygen atoms in total. The van der Waals surface area contributed by atoms with Crippen LogP contribution < -0.4 is 5.32 Å².